The van der Waals surface area contributed by atoms with Crippen molar-refractivity contribution in [2.45, 2.75) is 13.3 Å². The molecule has 2 amide bonds. The van der Waals surface area contributed by atoms with E-state index < -0.39 is 6.16 Å². The number of amides is 2. The highest BCUT2D eigenvalue weighted by molar-refractivity contribution is 6.04. The first-order valence-corrected chi connectivity index (χ1v) is 10.3. The van der Waals surface area contributed by atoms with Gasteiger partial charge in [-0.05, 0) is 61.5 Å². The molecule has 170 valence electrons. The highest BCUT2D eigenvalue weighted by Gasteiger charge is 2.11. The minimum Gasteiger partial charge on any atom is -0.496 e. The number of hydrogen-bond donors (Lipinski definition) is 2. The predicted octanol–water partition coefficient (Wildman–Crippen LogP) is 4.66. The monoisotopic (exact) mass is 448 g/mol. The van der Waals surface area contributed by atoms with Crippen molar-refractivity contribution >= 4 is 29.3 Å². The van der Waals surface area contributed by atoms with E-state index in [0.717, 1.165) is 5.56 Å². The van der Waals surface area contributed by atoms with Gasteiger partial charge in [-0.25, -0.2) is 4.79 Å². The van der Waals surface area contributed by atoms with E-state index in [1.165, 1.54) is 24.3 Å². The van der Waals surface area contributed by atoms with E-state index in [1.807, 2.05) is 18.2 Å². The van der Waals surface area contributed by atoms with Gasteiger partial charge in [0.05, 0.1) is 20.1 Å². The van der Waals surface area contributed by atoms with Crippen molar-refractivity contribution in [2.75, 3.05) is 24.4 Å². The molecule has 0 aliphatic rings. The summed E-state index contributed by atoms with van der Waals surface area (Å²) >= 11 is 0. The lowest BCUT2D eigenvalue weighted by Crippen LogP contribution is -2.15. The van der Waals surface area contributed by atoms with Crippen molar-refractivity contribution in [2.24, 2.45) is 0 Å². The summed E-state index contributed by atoms with van der Waals surface area (Å²) in [7, 11) is 1.56. The molecular formula is C25H24N2O6. The third kappa shape index (κ3) is 6.83. The maximum atomic E-state index is 12.5. The molecule has 33 heavy (non-hydrogen) atoms. The standard InChI is InChI=1S/C25H24N2O6/c1-3-32-25(30)33-21-14-8-17(9-15-21)24(29)27-20-12-10-19(11-13-20)26-23(28)16-18-6-4-5-7-22(18)31-2/h4-15H,3,16H2,1-2H3,(H,26,28)(H,27,29). The number of ether oxygens (including phenoxy) is 3. The number of carbonyl (C=O) groups is 3. The van der Waals surface area contributed by atoms with E-state index in [2.05, 4.69) is 10.6 Å². The Hall–Kier alpha value is -4.33. The molecule has 0 aromatic heterocycles. The zero-order valence-electron chi connectivity index (χ0n) is 18.3. The lowest BCUT2D eigenvalue weighted by molar-refractivity contribution is -0.115. The first-order chi connectivity index (χ1) is 16.0. The molecule has 3 aromatic carbocycles. The second-order valence-corrected chi connectivity index (χ2v) is 6.88. The maximum Gasteiger partial charge on any atom is 0.513 e. The van der Waals surface area contributed by atoms with Crippen molar-refractivity contribution in [3.05, 3.63) is 83.9 Å². The summed E-state index contributed by atoms with van der Waals surface area (Å²) in [5.41, 5.74) is 2.35. The van der Waals surface area contributed by atoms with E-state index in [0.29, 0.717) is 22.7 Å². The zero-order valence-corrected chi connectivity index (χ0v) is 18.3. The summed E-state index contributed by atoms with van der Waals surface area (Å²) in [6.07, 6.45) is -0.622. The quantitative estimate of drug-likeness (QED) is 0.384. The molecule has 0 unspecified atom stereocenters. The summed E-state index contributed by atoms with van der Waals surface area (Å²) in [5, 5.41) is 5.60. The Balaban J connectivity index is 1.54. The highest BCUT2D eigenvalue weighted by atomic mass is 16.7. The van der Waals surface area contributed by atoms with Crippen LogP contribution < -0.4 is 20.1 Å². The van der Waals surface area contributed by atoms with Gasteiger partial charge in [0.2, 0.25) is 5.91 Å². The van der Waals surface area contributed by atoms with Gasteiger partial charge in [0.1, 0.15) is 11.5 Å². The topological polar surface area (TPSA) is 103 Å². The third-order valence-electron chi connectivity index (χ3n) is 4.55. The smallest absolute Gasteiger partial charge is 0.496 e. The molecule has 8 nitrogen and oxygen atoms in total. The van der Waals surface area contributed by atoms with E-state index >= 15 is 0 Å². The summed E-state index contributed by atoms with van der Waals surface area (Å²) < 4.78 is 14.9. The number of benzene rings is 3. The number of carbonyl (C=O) groups excluding carboxylic acids is 3. The fourth-order valence-electron chi connectivity index (χ4n) is 2.99. The van der Waals surface area contributed by atoms with Crippen molar-refractivity contribution in [3.63, 3.8) is 0 Å². The van der Waals surface area contributed by atoms with Crippen LogP contribution >= 0.6 is 0 Å². The average Bonchev–Trinajstić information content (AvgIpc) is 2.81. The van der Waals surface area contributed by atoms with Gasteiger partial charge in [0.15, 0.2) is 0 Å². The molecule has 0 spiro atoms. The molecule has 0 saturated heterocycles. The molecule has 0 aliphatic carbocycles. The van der Waals surface area contributed by atoms with Crippen LogP contribution in [-0.4, -0.2) is 31.7 Å². The Bertz CT molecular complexity index is 1110. The molecule has 0 aliphatic heterocycles. The van der Waals surface area contributed by atoms with Crippen LogP contribution in [0.15, 0.2) is 72.8 Å². The highest BCUT2D eigenvalue weighted by Crippen LogP contribution is 2.20. The summed E-state index contributed by atoms with van der Waals surface area (Å²) in [6.45, 7) is 1.89. The van der Waals surface area contributed by atoms with Crippen LogP contribution in [-0.2, 0) is 16.0 Å². The third-order valence-corrected chi connectivity index (χ3v) is 4.55. The van der Waals surface area contributed by atoms with Gasteiger partial charge in [-0.1, -0.05) is 18.2 Å². The number of para-hydroxylation sites is 1. The fourth-order valence-corrected chi connectivity index (χ4v) is 2.99. The van der Waals surface area contributed by atoms with E-state index in [9.17, 15) is 14.4 Å². The van der Waals surface area contributed by atoms with Crippen LogP contribution in [0.3, 0.4) is 0 Å². The number of methoxy groups -OCH3 is 1. The largest absolute Gasteiger partial charge is 0.513 e. The summed E-state index contributed by atoms with van der Waals surface area (Å²) in [4.78, 5) is 36.1. The molecule has 0 heterocycles. The van der Waals surface area contributed by atoms with Crippen LogP contribution in [0, 0.1) is 0 Å². The van der Waals surface area contributed by atoms with Crippen LogP contribution in [0.2, 0.25) is 0 Å². The second-order valence-electron chi connectivity index (χ2n) is 6.88. The number of rotatable bonds is 8. The number of nitrogens with one attached hydrogen (secondary N) is 2. The van der Waals surface area contributed by atoms with Crippen molar-refractivity contribution < 1.29 is 28.6 Å². The molecule has 2 N–H and O–H groups in total. The molecule has 0 bridgehead atoms. The summed E-state index contributed by atoms with van der Waals surface area (Å²) in [5.74, 6) is 0.427. The van der Waals surface area contributed by atoms with Gasteiger partial charge in [-0.15, -0.1) is 0 Å². The second kappa shape index (κ2) is 11.3. The van der Waals surface area contributed by atoms with E-state index in [-0.39, 0.29) is 30.6 Å². The minimum atomic E-state index is -0.801. The molecule has 3 rings (SSSR count). The molecular weight excluding hydrogens is 424 g/mol. The summed E-state index contributed by atoms with van der Waals surface area (Å²) in [6, 6.07) is 20.2. The average molecular weight is 448 g/mol. The molecule has 3 aromatic rings. The molecule has 0 saturated carbocycles. The molecule has 0 fully saturated rings. The Morgan fingerprint density at radius 2 is 1.45 bits per heavy atom. The molecule has 0 atom stereocenters. The van der Waals surface area contributed by atoms with Gasteiger partial charge in [-0.3, -0.25) is 9.59 Å². The first-order valence-electron chi connectivity index (χ1n) is 10.3. The normalized spacial score (nSPS) is 10.1. The van der Waals surface area contributed by atoms with Crippen LogP contribution in [0.5, 0.6) is 11.5 Å². The van der Waals surface area contributed by atoms with Crippen LogP contribution in [0.1, 0.15) is 22.8 Å². The van der Waals surface area contributed by atoms with E-state index in [4.69, 9.17) is 14.2 Å². The Morgan fingerprint density at radius 1 is 0.818 bits per heavy atom. The molecule has 0 radical (unpaired) electrons. The van der Waals surface area contributed by atoms with Crippen LogP contribution in [0.4, 0.5) is 16.2 Å². The van der Waals surface area contributed by atoms with Gasteiger partial charge < -0.3 is 24.8 Å². The first kappa shape index (κ1) is 23.3. The van der Waals surface area contributed by atoms with Crippen LogP contribution in [0.25, 0.3) is 0 Å². The van der Waals surface area contributed by atoms with Gasteiger partial charge in [-0.2, -0.15) is 0 Å². The van der Waals surface area contributed by atoms with Crippen molar-refractivity contribution in [3.8, 4) is 11.5 Å². The van der Waals surface area contributed by atoms with Crippen molar-refractivity contribution in [1.82, 2.24) is 0 Å². The lowest BCUT2D eigenvalue weighted by Gasteiger charge is -2.10. The zero-order chi connectivity index (χ0) is 23.6. The SMILES string of the molecule is CCOC(=O)Oc1ccc(C(=O)Nc2ccc(NC(=O)Cc3ccccc3OC)cc2)cc1. The Labute approximate surface area is 191 Å². The lowest BCUT2D eigenvalue weighted by atomic mass is 10.1. The minimum absolute atomic E-state index is 0.179. The fraction of sp³-hybridized carbons (Fsp3) is 0.160. The predicted molar refractivity (Wildman–Crippen MR) is 124 cm³/mol. The molecule has 8 heteroatoms. The Morgan fingerprint density at radius 3 is 2.09 bits per heavy atom. The van der Waals surface area contributed by atoms with E-state index in [1.54, 1.807) is 44.4 Å². The van der Waals surface area contributed by atoms with Crippen molar-refractivity contribution in [1.29, 1.82) is 0 Å². The van der Waals surface area contributed by atoms with Gasteiger partial charge in [0, 0.05) is 22.5 Å². The maximum absolute atomic E-state index is 12.5. The number of anilines is 2. The van der Waals surface area contributed by atoms with Gasteiger partial charge in [0.25, 0.3) is 5.91 Å². The number of hydrogen-bond acceptors (Lipinski definition) is 6. The van der Waals surface area contributed by atoms with Gasteiger partial charge >= 0.3 is 6.16 Å². The Kier molecular flexibility index (Phi) is 8.02.